The van der Waals surface area contributed by atoms with Crippen LogP contribution in [0.1, 0.15) is 5.56 Å². The molecule has 1 N–H and O–H groups in total. The zero-order chi connectivity index (χ0) is 25.5. The smallest absolute Gasteiger partial charge is 0.333 e. The molecule has 0 saturated carbocycles. The molecule has 3 aromatic heterocycles. The second-order valence-corrected chi connectivity index (χ2v) is 9.66. The number of thiophene rings is 1. The second-order valence-electron chi connectivity index (χ2n) is 8.61. The summed E-state index contributed by atoms with van der Waals surface area (Å²) in [6.07, 6.45) is 3.26. The van der Waals surface area contributed by atoms with E-state index in [-0.39, 0.29) is 0 Å². The van der Waals surface area contributed by atoms with Crippen molar-refractivity contribution in [3.63, 3.8) is 0 Å². The summed E-state index contributed by atoms with van der Waals surface area (Å²) in [7, 11) is 1.55. The van der Waals surface area contributed by atoms with Crippen molar-refractivity contribution >= 4 is 38.0 Å². The Bertz CT molecular complexity index is 1830. The van der Waals surface area contributed by atoms with Gasteiger partial charge in [0.1, 0.15) is 10.4 Å². The third kappa shape index (κ3) is 3.94. The van der Waals surface area contributed by atoms with Gasteiger partial charge < -0.3 is 19.4 Å². The number of nitriles is 1. The lowest BCUT2D eigenvalue weighted by Gasteiger charge is -2.29. The molecule has 1 aliphatic rings. The summed E-state index contributed by atoms with van der Waals surface area (Å²) in [6.45, 7) is 2.84. The van der Waals surface area contributed by atoms with Crippen LogP contribution in [-0.2, 0) is 4.74 Å². The Labute approximate surface area is 214 Å². The Morgan fingerprint density at radius 1 is 1.11 bits per heavy atom. The minimum Gasteiger partial charge on any atom is -0.497 e. The Hall–Kier alpha value is -4.46. The summed E-state index contributed by atoms with van der Waals surface area (Å²) in [5.74, 6) is 0.593. The van der Waals surface area contributed by atoms with E-state index in [2.05, 4.69) is 20.9 Å². The van der Waals surface area contributed by atoms with E-state index in [4.69, 9.17) is 9.47 Å². The number of hydrogen-bond donors (Lipinski definition) is 1. The molecule has 2 aromatic carbocycles. The molecule has 4 heterocycles. The van der Waals surface area contributed by atoms with Gasteiger partial charge >= 0.3 is 5.69 Å². The molecular formula is C27H21N5O4S. The SMILES string of the molecule is COc1ccc(C#N)c(-c2cc3[nH]c(=O)n(-c4cncc5ccc(N6CCOCC6)cc45)c(=O)c3s2)c1. The highest BCUT2D eigenvalue weighted by Crippen LogP contribution is 2.35. The van der Waals surface area contributed by atoms with Crippen LogP contribution in [0.3, 0.4) is 0 Å². The number of H-pyrrole nitrogens is 1. The van der Waals surface area contributed by atoms with Gasteiger partial charge in [0, 0.05) is 46.2 Å². The molecule has 1 fully saturated rings. The number of benzene rings is 2. The van der Waals surface area contributed by atoms with Crippen LogP contribution in [0.5, 0.6) is 5.75 Å². The van der Waals surface area contributed by atoms with Crippen molar-refractivity contribution in [3.05, 3.63) is 81.3 Å². The average molecular weight is 512 g/mol. The Morgan fingerprint density at radius 2 is 1.95 bits per heavy atom. The van der Waals surface area contributed by atoms with Crippen LogP contribution in [0, 0.1) is 11.3 Å². The number of aromatic amines is 1. The quantitative estimate of drug-likeness (QED) is 0.392. The van der Waals surface area contributed by atoms with Crippen molar-refractivity contribution in [2.24, 2.45) is 0 Å². The minimum absolute atomic E-state index is 0.377. The van der Waals surface area contributed by atoms with Gasteiger partial charge in [-0.2, -0.15) is 5.26 Å². The van der Waals surface area contributed by atoms with Gasteiger partial charge in [-0.05, 0) is 36.4 Å². The van der Waals surface area contributed by atoms with Crippen LogP contribution in [0.2, 0.25) is 0 Å². The van der Waals surface area contributed by atoms with Crippen molar-refractivity contribution in [3.8, 4) is 27.9 Å². The molecule has 0 amide bonds. The molecule has 0 spiro atoms. The highest BCUT2D eigenvalue weighted by molar-refractivity contribution is 7.22. The zero-order valence-corrected chi connectivity index (χ0v) is 20.7. The standard InChI is InChI=1S/C27H21N5O4S/c1-35-19-5-3-16(13-28)21(11-19)24-12-22-25(37-24)26(33)32(27(34)30-22)23-15-29-14-17-2-4-18(10-20(17)23)31-6-8-36-9-7-31/h2-5,10-12,14-15H,6-9H2,1H3,(H,30,34). The maximum atomic E-state index is 13.7. The van der Waals surface area contributed by atoms with E-state index in [0.717, 1.165) is 34.1 Å². The molecule has 10 heteroatoms. The number of nitrogens with one attached hydrogen (secondary N) is 1. The average Bonchev–Trinajstić information content (AvgIpc) is 3.37. The predicted octanol–water partition coefficient (Wildman–Crippen LogP) is 3.67. The first-order valence-electron chi connectivity index (χ1n) is 11.7. The van der Waals surface area contributed by atoms with Crippen LogP contribution < -0.4 is 20.9 Å². The first-order chi connectivity index (χ1) is 18.1. The van der Waals surface area contributed by atoms with Gasteiger partial charge in [0.15, 0.2) is 0 Å². The highest BCUT2D eigenvalue weighted by Gasteiger charge is 2.19. The van der Waals surface area contributed by atoms with E-state index in [9.17, 15) is 14.9 Å². The second kappa shape index (κ2) is 9.20. The number of morpholine rings is 1. The molecule has 1 aliphatic heterocycles. The molecule has 1 saturated heterocycles. The summed E-state index contributed by atoms with van der Waals surface area (Å²) in [5.41, 5.74) is 1.91. The van der Waals surface area contributed by atoms with E-state index in [1.54, 1.807) is 37.6 Å². The van der Waals surface area contributed by atoms with Crippen LogP contribution in [-0.4, -0.2) is 47.9 Å². The fourth-order valence-corrected chi connectivity index (χ4v) is 5.72. The molecule has 0 bridgehead atoms. The number of anilines is 1. The molecule has 9 nitrogen and oxygen atoms in total. The van der Waals surface area contributed by atoms with E-state index >= 15 is 0 Å². The Kier molecular flexibility index (Phi) is 5.71. The first kappa shape index (κ1) is 23.0. The molecule has 37 heavy (non-hydrogen) atoms. The highest BCUT2D eigenvalue weighted by atomic mass is 32.1. The fourth-order valence-electron chi connectivity index (χ4n) is 4.64. The third-order valence-electron chi connectivity index (χ3n) is 6.53. The lowest BCUT2D eigenvalue weighted by Crippen LogP contribution is -2.36. The topological polar surface area (TPSA) is 113 Å². The number of pyridine rings is 1. The number of methoxy groups -OCH3 is 1. The van der Waals surface area contributed by atoms with Gasteiger partial charge in [-0.1, -0.05) is 6.07 Å². The third-order valence-corrected chi connectivity index (χ3v) is 7.68. The number of fused-ring (bicyclic) bond motifs is 2. The van der Waals surface area contributed by atoms with Crippen LogP contribution >= 0.6 is 11.3 Å². The van der Waals surface area contributed by atoms with Crippen molar-refractivity contribution in [1.82, 2.24) is 14.5 Å². The molecule has 0 unspecified atom stereocenters. The van der Waals surface area contributed by atoms with Gasteiger partial charge in [0.25, 0.3) is 5.56 Å². The number of aromatic nitrogens is 3. The molecule has 6 rings (SSSR count). The molecular weight excluding hydrogens is 490 g/mol. The number of nitrogens with zero attached hydrogens (tertiary/aromatic N) is 4. The Morgan fingerprint density at radius 3 is 2.73 bits per heavy atom. The monoisotopic (exact) mass is 511 g/mol. The van der Waals surface area contributed by atoms with E-state index in [0.29, 0.717) is 50.9 Å². The van der Waals surface area contributed by atoms with Gasteiger partial charge in [0.2, 0.25) is 0 Å². The lowest BCUT2D eigenvalue weighted by atomic mass is 10.1. The zero-order valence-electron chi connectivity index (χ0n) is 19.9. The molecule has 0 atom stereocenters. The molecule has 184 valence electrons. The summed E-state index contributed by atoms with van der Waals surface area (Å²) in [5, 5.41) is 11.2. The van der Waals surface area contributed by atoms with Crippen molar-refractivity contribution in [2.45, 2.75) is 0 Å². The van der Waals surface area contributed by atoms with Crippen molar-refractivity contribution in [2.75, 3.05) is 38.3 Å². The van der Waals surface area contributed by atoms with Crippen molar-refractivity contribution < 1.29 is 9.47 Å². The van der Waals surface area contributed by atoms with Crippen LogP contribution in [0.25, 0.3) is 37.1 Å². The van der Waals surface area contributed by atoms with Gasteiger partial charge in [-0.15, -0.1) is 11.3 Å². The largest absolute Gasteiger partial charge is 0.497 e. The van der Waals surface area contributed by atoms with Crippen LogP contribution in [0.4, 0.5) is 5.69 Å². The van der Waals surface area contributed by atoms with Gasteiger partial charge in [0.05, 0.1) is 49.4 Å². The van der Waals surface area contributed by atoms with Gasteiger partial charge in [-0.3, -0.25) is 9.78 Å². The summed E-state index contributed by atoms with van der Waals surface area (Å²) in [6, 6.07) is 15.0. The molecule has 0 radical (unpaired) electrons. The number of ether oxygens (including phenoxy) is 2. The summed E-state index contributed by atoms with van der Waals surface area (Å²) in [4.78, 5) is 37.0. The van der Waals surface area contributed by atoms with Crippen LogP contribution in [0.15, 0.2) is 64.4 Å². The fraction of sp³-hybridized carbons (Fsp3) is 0.185. The van der Waals surface area contributed by atoms with E-state index in [1.807, 2.05) is 18.2 Å². The first-order valence-corrected chi connectivity index (χ1v) is 12.5. The Balaban J connectivity index is 1.53. The van der Waals surface area contributed by atoms with Gasteiger partial charge in [-0.25, -0.2) is 9.36 Å². The maximum Gasteiger partial charge on any atom is 0.333 e. The van der Waals surface area contributed by atoms with Crippen molar-refractivity contribution in [1.29, 1.82) is 5.26 Å². The lowest BCUT2D eigenvalue weighted by molar-refractivity contribution is 0.122. The predicted molar refractivity (Wildman–Crippen MR) is 143 cm³/mol. The molecule has 5 aromatic rings. The maximum absolute atomic E-state index is 13.7. The molecule has 0 aliphatic carbocycles. The number of rotatable bonds is 4. The van der Waals surface area contributed by atoms with E-state index < -0.39 is 11.2 Å². The van der Waals surface area contributed by atoms with E-state index in [1.165, 1.54) is 17.5 Å². The summed E-state index contributed by atoms with van der Waals surface area (Å²) >= 11 is 1.22. The minimum atomic E-state index is -0.556. The number of hydrogen-bond acceptors (Lipinski definition) is 8. The summed E-state index contributed by atoms with van der Waals surface area (Å²) < 4.78 is 12.3. The normalized spacial score (nSPS) is 13.7.